The van der Waals surface area contributed by atoms with Gasteiger partial charge in [-0.15, -0.1) is 0 Å². The van der Waals surface area contributed by atoms with Crippen molar-refractivity contribution in [2.45, 2.75) is 27.7 Å². The van der Waals surface area contributed by atoms with Crippen molar-refractivity contribution in [1.82, 2.24) is 5.32 Å². The maximum absolute atomic E-state index is 13.7. The van der Waals surface area contributed by atoms with E-state index < -0.39 is 0 Å². The topological polar surface area (TPSA) is 15.3 Å². The number of hydrogen-bond acceptors (Lipinski definition) is 2. The molecule has 1 aromatic rings. The maximum atomic E-state index is 13.7. The van der Waals surface area contributed by atoms with E-state index in [-0.39, 0.29) is 11.2 Å². The molecule has 0 unspecified atom stereocenters. The molecule has 0 aliphatic rings. The Labute approximate surface area is 117 Å². The Bertz CT molecular complexity index is 388. The second-order valence-electron chi connectivity index (χ2n) is 6.50. The van der Waals surface area contributed by atoms with Gasteiger partial charge in [0.25, 0.3) is 0 Å². The number of hydrogen-bond donors (Lipinski definition) is 1. The van der Waals surface area contributed by atoms with Crippen LogP contribution in [-0.4, -0.2) is 26.7 Å². The lowest BCUT2D eigenvalue weighted by Gasteiger charge is -2.32. The Morgan fingerprint density at radius 1 is 1.26 bits per heavy atom. The molecule has 1 rings (SSSR count). The van der Waals surface area contributed by atoms with Crippen molar-refractivity contribution in [1.29, 1.82) is 0 Å². The highest BCUT2D eigenvalue weighted by atomic mass is 19.1. The number of benzene rings is 1. The highest BCUT2D eigenvalue weighted by Crippen LogP contribution is 2.22. The Morgan fingerprint density at radius 2 is 1.89 bits per heavy atom. The molecular formula is C16H27FN2. The van der Waals surface area contributed by atoms with Gasteiger partial charge in [-0.1, -0.05) is 39.8 Å². The zero-order valence-electron chi connectivity index (χ0n) is 12.8. The van der Waals surface area contributed by atoms with Gasteiger partial charge in [0.05, 0.1) is 5.69 Å². The summed E-state index contributed by atoms with van der Waals surface area (Å²) in [4.78, 5) is 1.99. The van der Waals surface area contributed by atoms with Crippen LogP contribution in [0.3, 0.4) is 0 Å². The van der Waals surface area contributed by atoms with E-state index in [4.69, 9.17) is 0 Å². The molecule has 0 saturated heterocycles. The van der Waals surface area contributed by atoms with Gasteiger partial charge < -0.3 is 10.2 Å². The van der Waals surface area contributed by atoms with Crippen molar-refractivity contribution in [3.63, 3.8) is 0 Å². The molecule has 0 aliphatic carbocycles. The molecule has 0 aromatic heterocycles. The molecular weight excluding hydrogens is 239 g/mol. The van der Waals surface area contributed by atoms with Gasteiger partial charge in [0.2, 0.25) is 0 Å². The summed E-state index contributed by atoms with van der Waals surface area (Å²) >= 11 is 0. The molecule has 1 aromatic carbocycles. The number of nitrogens with zero attached hydrogens (tertiary/aromatic N) is 1. The molecule has 0 atom stereocenters. The molecule has 0 heterocycles. The van der Waals surface area contributed by atoms with Gasteiger partial charge in [-0.3, -0.25) is 0 Å². The summed E-state index contributed by atoms with van der Waals surface area (Å²) in [6.45, 7) is 11.6. The second kappa shape index (κ2) is 6.90. The minimum Gasteiger partial charge on any atom is -0.372 e. The third-order valence-electron chi connectivity index (χ3n) is 3.09. The van der Waals surface area contributed by atoms with E-state index >= 15 is 0 Å². The number of nitrogens with one attached hydrogen (secondary N) is 1. The van der Waals surface area contributed by atoms with Crippen LogP contribution in [0.2, 0.25) is 0 Å². The minimum absolute atomic E-state index is 0.103. The smallest absolute Gasteiger partial charge is 0.146 e. The van der Waals surface area contributed by atoms with Crippen LogP contribution >= 0.6 is 0 Å². The largest absolute Gasteiger partial charge is 0.372 e. The lowest BCUT2D eigenvalue weighted by atomic mass is 9.92. The summed E-state index contributed by atoms with van der Waals surface area (Å²) in [5, 5.41) is 3.48. The predicted octanol–water partition coefficient (Wildman–Crippen LogP) is 3.53. The third-order valence-corrected chi connectivity index (χ3v) is 3.09. The quantitative estimate of drug-likeness (QED) is 0.812. The van der Waals surface area contributed by atoms with E-state index in [1.807, 2.05) is 24.1 Å². The molecule has 0 amide bonds. The van der Waals surface area contributed by atoms with Gasteiger partial charge in [0.15, 0.2) is 0 Å². The summed E-state index contributed by atoms with van der Waals surface area (Å²) in [6, 6.07) is 6.93. The Morgan fingerprint density at radius 3 is 2.47 bits per heavy atom. The molecule has 108 valence electrons. The monoisotopic (exact) mass is 266 g/mol. The van der Waals surface area contributed by atoms with E-state index in [0.29, 0.717) is 11.6 Å². The zero-order valence-corrected chi connectivity index (χ0v) is 12.8. The molecule has 0 fully saturated rings. The Balaban J connectivity index is 2.55. The summed E-state index contributed by atoms with van der Waals surface area (Å²) in [5.74, 6) is 0.496. The normalized spacial score (nSPS) is 11.9. The van der Waals surface area contributed by atoms with Gasteiger partial charge in [0, 0.05) is 20.1 Å². The van der Waals surface area contributed by atoms with Gasteiger partial charge in [-0.2, -0.15) is 0 Å². The van der Waals surface area contributed by atoms with Crippen LogP contribution in [0, 0.1) is 17.2 Å². The number of para-hydroxylation sites is 1. The maximum Gasteiger partial charge on any atom is 0.146 e. The average Bonchev–Trinajstić information content (AvgIpc) is 2.27. The van der Waals surface area contributed by atoms with Crippen LogP contribution in [0.4, 0.5) is 10.1 Å². The first-order valence-electron chi connectivity index (χ1n) is 6.98. The van der Waals surface area contributed by atoms with Crippen molar-refractivity contribution in [3.8, 4) is 0 Å². The van der Waals surface area contributed by atoms with E-state index in [1.165, 1.54) is 6.07 Å². The van der Waals surface area contributed by atoms with Crippen molar-refractivity contribution >= 4 is 5.69 Å². The summed E-state index contributed by atoms with van der Waals surface area (Å²) < 4.78 is 13.7. The highest BCUT2D eigenvalue weighted by Gasteiger charge is 2.21. The Hall–Kier alpha value is -1.09. The van der Waals surface area contributed by atoms with Crippen LogP contribution in [0.5, 0.6) is 0 Å². The van der Waals surface area contributed by atoms with Crippen molar-refractivity contribution in [2.75, 3.05) is 31.6 Å². The fourth-order valence-corrected chi connectivity index (χ4v) is 2.24. The van der Waals surface area contributed by atoms with Gasteiger partial charge in [-0.05, 0) is 30.0 Å². The molecule has 0 spiro atoms. The summed E-state index contributed by atoms with van der Waals surface area (Å²) in [7, 11) is 1.95. The fraction of sp³-hybridized carbons (Fsp3) is 0.625. The Kier molecular flexibility index (Phi) is 5.80. The molecule has 3 heteroatoms. The molecule has 2 nitrogen and oxygen atoms in total. The summed E-state index contributed by atoms with van der Waals surface area (Å²) in [6.07, 6.45) is 0. The van der Waals surface area contributed by atoms with Crippen molar-refractivity contribution in [2.24, 2.45) is 11.3 Å². The van der Waals surface area contributed by atoms with Crippen LogP contribution < -0.4 is 10.2 Å². The number of anilines is 1. The molecule has 0 aliphatic heterocycles. The lowest BCUT2D eigenvalue weighted by Crippen LogP contribution is -2.40. The number of rotatable bonds is 7. The first-order valence-corrected chi connectivity index (χ1v) is 6.98. The standard InChI is InChI=1S/C16H27FN2/c1-13(2)10-18-11-16(3,4)12-19(5)15-9-7-6-8-14(15)17/h6-9,13,18H,10-12H2,1-5H3. The van der Waals surface area contributed by atoms with Crippen LogP contribution in [-0.2, 0) is 0 Å². The van der Waals surface area contributed by atoms with Gasteiger partial charge in [0.1, 0.15) is 5.82 Å². The number of halogens is 1. The zero-order chi connectivity index (χ0) is 14.5. The van der Waals surface area contributed by atoms with E-state index in [0.717, 1.165) is 19.6 Å². The predicted molar refractivity (Wildman–Crippen MR) is 81.2 cm³/mol. The van der Waals surface area contributed by atoms with Gasteiger partial charge >= 0.3 is 0 Å². The average molecular weight is 266 g/mol. The SMILES string of the molecule is CC(C)CNCC(C)(C)CN(C)c1ccccc1F. The minimum atomic E-state index is -0.157. The van der Waals surface area contributed by atoms with E-state index in [2.05, 4.69) is 33.0 Å². The molecule has 0 bridgehead atoms. The second-order valence-corrected chi connectivity index (χ2v) is 6.50. The van der Waals surface area contributed by atoms with Crippen molar-refractivity contribution in [3.05, 3.63) is 30.1 Å². The van der Waals surface area contributed by atoms with Crippen LogP contribution in [0.25, 0.3) is 0 Å². The summed E-state index contributed by atoms with van der Waals surface area (Å²) in [5.41, 5.74) is 0.769. The van der Waals surface area contributed by atoms with E-state index in [1.54, 1.807) is 6.07 Å². The first-order chi connectivity index (χ1) is 8.82. The van der Waals surface area contributed by atoms with E-state index in [9.17, 15) is 4.39 Å². The molecule has 0 saturated carbocycles. The molecule has 1 N–H and O–H groups in total. The first kappa shape index (κ1) is 16.0. The highest BCUT2D eigenvalue weighted by molar-refractivity contribution is 5.46. The molecule has 19 heavy (non-hydrogen) atoms. The third kappa shape index (κ3) is 5.60. The lowest BCUT2D eigenvalue weighted by molar-refractivity contribution is 0.337. The van der Waals surface area contributed by atoms with Gasteiger partial charge in [-0.25, -0.2) is 4.39 Å². The fourth-order valence-electron chi connectivity index (χ4n) is 2.24. The van der Waals surface area contributed by atoms with Crippen LogP contribution in [0.15, 0.2) is 24.3 Å². The van der Waals surface area contributed by atoms with Crippen LogP contribution in [0.1, 0.15) is 27.7 Å². The molecule has 0 radical (unpaired) electrons. The van der Waals surface area contributed by atoms with Crippen molar-refractivity contribution < 1.29 is 4.39 Å².